The third kappa shape index (κ3) is 6.01. The lowest BCUT2D eigenvalue weighted by atomic mass is 10.2. The lowest BCUT2D eigenvalue weighted by molar-refractivity contribution is -0.0679. The number of rotatable bonds is 8. The molecule has 25 heavy (non-hydrogen) atoms. The third-order valence-electron chi connectivity index (χ3n) is 4.73. The van der Waals surface area contributed by atoms with Crippen LogP contribution in [0.15, 0.2) is 24.3 Å². The summed E-state index contributed by atoms with van der Waals surface area (Å²) in [5.74, 6) is 1.57. The Bertz CT molecular complexity index is 547. The van der Waals surface area contributed by atoms with Crippen molar-refractivity contribution in [2.45, 2.75) is 45.3 Å². The quantitative estimate of drug-likeness (QED) is 0.736. The van der Waals surface area contributed by atoms with Crippen LogP contribution in [-0.2, 0) is 4.74 Å². The number of benzene rings is 1. The van der Waals surface area contributed by atoms with E-state index in [1.807, 2.05) is 24.3 Å². The molecule has 1 N–H and O–H groups in total. The molecule has 1 saturated carbocycles. The number of carbonyl (C=O) groups is 1. The van der Waals surface area contributed by atoms with E-state index in [1.165, 1.54) is 12.8 Å². The van der Waals surface area contributed by atoms with Gasteiger partial charge in [-0.1, -0.05) is 0 Å². The lowest BCUT2D eigenvalue weighted by Crippen LogP contribution is -2.46. The number of carbonyl (C=O) groups excluding carboxylic acids is 1. The van der Waals surface area contributed by atoms with Crippen LogP contribution in [0.5, 0.6) is 5.75 Å². The van der Waals surface area contributed by atoms with Gasteiger partial charge in [-0.05, 0) is 63.3 Å². The molecule has 1 aromatic carbocycles. The fourth-order valence-corrected chi connectivity index (χ4v) is 3.27. The second-order valence-corrected chi connectivity index (χ2v) is 7.41. The normalized spacial score (nSPS) is 24.1. The molecule has 1 heterocycles. The van der Waals surface area contributed by atoms with E-state index in [4.69, 9.17) is 9.47 Å². The molecule has 1 saturated heterocycles. The molecule has 1 aliphatic carbocycles. The summed E-state index contributed by atoms with van der Waals surface area (Å²) in [5.41, 5.74) is 0.687. The van der Waals surface area contributed by atoms with E-state index in [0.29, 0.717) is 24.3 Å². The molecule has 0 radical (unpaired) electrons. The van der Waals surface area contributed by atoms with Gasteiger partial charge in [0.1, 0.15) is 5.75 Å². The summed E-state index contributed by atoms with van der Waals surface area (Å²) in [7, 11) is 0. The van der Waals surface area contributed by atoms with Crippen LogP contribution in [-0.4, -0.2) is 55.8 Å². The van der Waals surface area contributed by atoms with E-state index < -0.39 is 0 Å². The first kappa shape index (κ1) is 18.2. The SMILES string of the molecule is CC1CN(CCCNC(=O)c2ccc(OCC3CC3)cc2)CC(C)O1. The van der Waals surface area contributed by atoms with E-state index in [9.17, 15) is 4.79 Å². The molecule has 5 nitrogen and oxygen atoms in total. The summed E-state index contributed by atoms with van der Waals surface area (Å²) in [5, 5.41) is 3.00. The second kappa shape index (κ2) is 8.68. The van der Waals surface area contributed by atoms with Crippen LogP contribution in [0.4, 0.5) is 0 Å². The minimum atomic E-state index is -0.0162. The average molecular weight is 346 g/mol. The Morgan fingerprint density at radius 3 is 2.52 bits per heavy atom. The van der Waals surface area contributed by atoms with Gasteiger partial charge in [-0.15, -0.1) is 0 Å². The molecule has 2 unspecified atom stereocenters. The lowest BCUT2D eigenvalue weighted by Gasteiger charge is -2.35. The third-order valence-corrected chi connectivity index (χ3v) is 4.73. The molecule has 0 aromatic heterocycles. The fraction of sp³-hybridized carbons (Fsp3) is 0.650. The summed E-state index contributed by atoms with van der Waals surface area (Å²) < 4.78 is 11.4. The molecule has 2 fully saturated rings. The van der Waals surface area contributed by atoms with Crippen LogP contribution < -0.4 is 10.1 Å². The van der Waals surface area contributed by atoms with Crippen LogP contribution in [0, 0.1) is 5.92 Å². The molecule has 138 valence electrons. The summed E-state index contributed by atoms with van der Waals surface area (Å²) in [6.45, 7) is 8.65. The highest BCUT2D eigenvalue weighted by Crippen LogP contribution is 2.29. The Hall–Kier alpha value is -1.59. The molecule has 2 aliphatic rings. The monoisotopic (exact) mass is 346 g/mol. The van der Waals surface area contributed by atoms with Crippen molar-refractivity contribution >= 4 is 5.91 Å². The highest BCUT2D eigenvalue weighted by molar-refractivity contribution is 5.94. The molecule has 3 rings (SSSR count). The number of morpholine rings is 1. The zero-order valence-corrected chi connectivity index (χ0v) is 15.4. The van der Waals surface area contributed by atoms with Crippen molar-refractivity contribution in [3.8, 4) is 5.75 Å². The molecular weight excluding hydrogens is 316 g/mol. The summed E-state index contributed by atoms with van der Waals surface area (Å²) in [4.78, 5) is 14.6. The zero-order chi connectivity index (χ0) is 17.6. The van der Waals surface area contributed by atoms with Gasteiger partial charge in [-0.3, -0.25) is 9.69 Å². The minimum Gasteiger partial charge on any atom is -0.493 e. The van der Waals surface area contributed by atoms with Gasteiger partial charge in [0.2, 0.25) is 0 Å². The standard InChI is InChI=1S/C20H30N2O3/c1-15-12-22(13-16(2)25-15)11-3-10-21-20(23)18-6-8-19(9-7-18)24-14-17-4-5-17/h6-9,15-17H,3-5,10-14H2,1-2H3,(H,21,23). The van der Waals surface area contributed by atoms with Gasteiger partial charge in [0.15, 0.2) is 0 Å². The summed E-state index contributed by atoms with van der Waals surface area (Å²) >= 11 is 0. The molecule has 0 bridgehead atoms. The molecule has 2 atom stereocenters. The fourth-order valence-electron chi connectivity index (χ4n) is 3.27. The van der Waals surface area contributed by atoms with Gasteiger partial charge in [0.05, 0.1) is 18.8 Å². The van der Waals surface area contributed by atoms with Crippen molar-refractivity contribution in [2.75, 3.05) is 32.8 Å². The number of nitrogens with one attached hydrogen (secondary N) is 1. The first-order valence-corrected chi connectivity index (χ1v) is 9.49. The summed E-state index contributed by atoms with van der Waals surface area (Å²) in [6, 6.07) is 7.44. The first-order chi connectivity index (χ1) is 12.1. The van der Waals surface area contributed by atoms with Crippen molar-refractivity contribution in [3.63, 3.8) is 0 Å². The highest BCUT2D eigenvalue weighted by Gasteiger charge is 2.22. The van der Waals surface area contributed by atoms with E-state index >= 15 is 0 Å². The first-order valence-electron chi connectivity index (χ1n) is 9.49. The number of hydrogen-bond donors (Lipinski definition) is 1. The van der Waals surface area contributed by atoms with E-state index in [1.54, 1.807) is 0 Å². The van der Waals surface area contributed by atoms with Crippen LogP contribution in [0.3, 0.4) is 0 Å². The number of ether oxygens (including phenoxy) is 2. The maximum absolute atomic E-state index is 12.2. The van der Waals surface area contributed by atoms with E-state index in [-0.39, 0.29) is 5.91 Å². The van der Waals surface area contributed by atoms with Crippen molar-refractivity contribution in [2.24, 2.45) is 5.92 Å². The second-order valence-electron chi connectivity index (χ2n) is 7.41. The van der Waals surface area contributed by atoms with Crippen molar-refractivity contribution in [3.05, 3.63) is 29.8 Å². The summed E-state index contributed by atoms with van der Waals surface area (Å²) in [6.07, 6.45) is 4.09. The maximum Gasteiger partial charge on any atom is 0.251 e. The molecule has 1 aromatic rings. The van der Waals surface area contributed by atoms with Gasteiger partial charge in [-0.2, -0.15) is 0 Å². The smallest absolute Gasteiger partial charge is 0.251 e. The number of amides is 1. The Kier molecular flexibility index (Phi) is 6.32. The molecule has 0 spiro atoms. The van der Waals surface area contributed by atoms with Crippen LogP contribution >= 0.6 is 0 Å². The Morgan fingerprint density at radius 1 is 1.20 bits per heavy atom. The zero-order valence-electron chi connectivity index (χ0n) is 15.4. The van der Waals surface area contributed by atoms with Crippen LogP contribution in [0.25, 0.3) is 0 Å². The Morgan fingerprint density at radius 2 is 1.88 bits per heavy atom. The topological polar surface area (TPSA) is 50.8 Å². The minimum absolute atomic E-state index is 0.0162. The van der Waals surface area contributed by atoms with Gasteiger partial charge >= 0.3 is 0 Å². The van der Waals surface area contributed by atoms with Crippen molar-refractivity contribution < 1.29 is 14.3 Å². The number of hydrogen-bond acceptors (Lipinski definition) is 4. The van der Waals surface area contributed by atoms with E-state index in [0.717, 1.165) is 44.3 Å². The Labute approximate surface area is 150 Å². The van der Waals surface area contributed by atoms with Gasteiger partial charge < -0.3 is 14.8 Å². The van der Waals surface area contributed by atoms with Crippen LogP contribution in [0.1, 0.15) is 43.5 Å². The van der Waals surface area contributed by atoms with Crippen molar-refractivity contribution in [1.82, 2.24) is 10.2 Å². The molecule has 1 aliphatic heterocycles. The van der Waals surface area contributed by atoms with Crippen molar-refractivity contribution in [1.29, 1.82) is 0 Å². The Balaban J connectivity index is 1.34. The number of nitrogens with zero attached hydrogens (tertiary/aromatic N) is 1. The predicted molar refractivity (Wildman–Crippen MR) is 98.1 cm³/mol. The average Bonchev–Trinajstić information content (AvgIpc) is 3.41. The molecule has 1 amide bonds. The largest absolute Gasteiger partial charge is 0.493 e. The van der Waals surface area contributed by atoms with E-state index in [2.05, 4.69) is 24.1 Å². The predicted octanol–water partition coefficient (Wildman–Crippen LogP) is 2.70. The highest BCUT2D eigenvalue weighted by atomic mass is 16.5. The maximum atomic E-state index is 12.2. The van der Waals surface area contributed by atoms with Gasteiger partial charge in [0.25, 0.3) is 5.91 Å². The molecular formula is C20H30N2O3. The van der Waals surface area contributed by atoms with Gasteiger partial charge in [0, 0.05) is 31.7 Å². The van der Waals surface area contributed by atoms with Gasteiger partial charge in [-0.25, -0.2) is 0 Å². The van der Waals surface area contributed by atoms with Crippen LogP contribution in [0.2, 0.25) is 0 Å². The molecule has 5 heteroatoms.